The highest BCUT2D eigenvalue weighted by Gasteiger charge is 2.58. The third kappa shape index (κ3) is 2.45. The van der Waals surface area contributed by atoms with Crippen molar-refractivity contribution < 1.29 is 9.59 Å². The molecule has 17 heavy (non-hydrogen) atoms. The molecule has 0 aromatic carbocycles. The van der Waals surface area contributed by atoms with Gasteiger partial charge in [0.15, 0.2) is 0 Å². The summed E-state index contributed by atoms with van der Waals surface area (Å²) in [5.74, 6) is -0.0290. The van der Waals surface area contributed by atoms with Gasteiger partial charge in [0.1, 0.15) is 5.41 Å². The molecule has 0 bridgehead atoms. The van der Waals surface area contributed by atoms with Gasteiger partial charge in [0.2, 0.25) is 11.8 Å². The molecule has 0 spiro atoms. The molecule has 2 rings (SSSR count). The quantitative estimate of drug-likeness (QED) is 0.737. The van der Waals surface area contributed by atoms with Gasteiger partial charge in [-0.1, -0.05) is 0 Å². The van der Waals surface area contributed by atoms with Gasteiger partial charge in [0.05, 0.1) is 0 Å². The Hall–Kier alpha value is -1.06. The second-order valence-corrected chi connectivity index (χ2v) is 6.29. The number of rotatable bonds is 2. The van der Waals surface area contributed by atoms with Crippen LogP contribution >= 0.6 is 0 Å². The van der Waals surface area contributed by atoms with Crippen molar-refractivity contribution in [1.29, 1.82) is 0 Å². The monoisotopic (exact) mass is 238 g/mol. The Morgan fingerprint density at radius 3 is 2.06 bits per heavy atom. The molecule has 0 unspecified atom stereocenters. The Kier molecular flexibility index (Phi) is 2.92. The molecule has 4 nitrogen and oxygen atoms in total. The average Bonchev–Trinajstić information content (AvgIpc) is 2.83. The van der Waals surface area contributed by atoms with Gasteiger partial charge < -0.3 is 10.2 Å². The number of hydrogen-bond donors (Lipinski definition) is 1. The number of hydrogen-bond acceptors (Lipinski definition) is 2. The second kappa shape index (κ2) is 4.00. The van der Waals surface area contributed by atoms with Crippen molar-refractivity contribution in [2.24, 2.45) is 5.41 Å². The van der Waals surface area contributed by atoms with E-state index >= 15 is 0 Å². The van der Waals surface area contributed by atoms with E-state index < -0.39 is 5.41 Å². The van der Waals surface area contributed by atoms with Crippen molar-refractivity contribution >= 4 is 11.8 Å². The predicted octanol–water partition coefficient (Wildman–Crippen LogP) is 1.30. The summed E-state index contributed by atoms with van der Waals surface area (Å²) in [5.41, 5.74) is -0.990. The van der Waals surface area contributed by atoms with Crippen LogP contribution < -0.4 is 5.32 Å². The fraction of sp³-hybridized carbons (Fsp3) is 0.846. The van der Waals surface area contributed by atoms with Gasteiger partial charge in [-0.05, 0) is 46.5 Å². The molecule has 0 atom stereocenters. The number of carbonyl (C=O) groups excluding carboxylic acids is 2. The number of likely N-dealkylation sites (tertiary alicyclic amines) is 1. The van der Waals surface area contributed by atoms with Crippen molar-refractivity contribution in [3.8, 4) is 0 Å². The minimum atomic E-state index is -0.725. The number of carbonyl (C=O) groups is 2. The van der Waals surface area contributed by atoms with Gasteiger partial charge in [-0.3, -0.25) is 9.59 Å². The van der Waals surface area contributed by atoms with Crippen molar-refractivity contribution in [3.63, 3.8) is 0 Å². The molecule has 1 aliphatic heterocycles. The van der Waals surface area contributed by atoms with Crippen molar-refractivity contribution in [2.45, 2.75) is 52.0 Å². The highest BCUT2D eigenvalue weighted by molar-refractivity contribution is 6.08. The van der Waals surface area contributed by atoms with Crippen LogP contribution in [-0.2, 0) is 9.59 Å². The maximum absolute atomic E-state index is 12.3. The zero-order valence-corrected chi connectivity index (χ0v) is 11.0. The largest absolute Gasteiger partial charge is 0.351 e. The van der Waals surface area contributed by atoms with Crippen LogP contribution in [0, 0.1) is 5.41 Å². The van der Waals surface area contributed by atoms with Crippen LogP contribution in [0.15, 0.2) is 0 Å². The molecule has 2 aliphatic rings. The van der Waals surface area contributed by atoms with Crippen molar-refractivity contribution in [2.75, 3.05) is 13.1 Å². The van der Waals surface area contributed by atoms with Gasteiger partial charge in [-0.25, -0.2) is 0 Å². The SMILES string of the molecule is CC(C)(C)NC(=O)C1(C(=O)N2CCCC2)CC1. The van der Waals surface area contributed by atoms with Gasteiger partial charge >= 0.3 is 0 Å². The van der Waals surface area contributed by atoms with Crippen molar-refractivity contribution in [1.82, 2.24) is 10.2 Å². The molecule has 0 radical (unpaired) electrons. The topological polar surface area (TPSA) is 49.4 Å². The standard InChI is InChI=1S/C13H22N2O2/c1-12(2,3)14-10(16)13(6-7-13)11(17)15-8-4-5-9-15/h4-9H2,1-3H3,(H,14,16). The Balaban J connectivity index is 2.03. The Morgan fingerprint density at radius 2 is 1.65 bits per heavy atom. The summed E-state index contributed by atoms with van der Waals surface area (Å²) in [6.07, 6.45) is 3.57. The molecule has 1 heterocycles. The molecule has 0 aromatic heterocycles. The first-order valence-electron chi connectivity index (χ1n) is 6.47. The smallest absolute Gasteiger partial charge is 0.238 e. The first-order chi connectivity index (χ1) is 7.85. The van der Waals surface area contributed by atoms with E-state index in [0.717, 1.165) is 25.9 Å². The van der Waals surface area contributed by atoms with E-state index in [0.29, 0.717) is 12.8 Å². The summed E-state index contributed by atoms with van der Waals surface area (Å²) in [7, 11) is 0. The Bertz CT molecular complexity index is 334. The second-order valence-electron chi connectivity index (χ2n) is 6.29. The maximum atomic E-state index is 12.3. The summed E-state index contributed by atoms with van der Waals surface area (Å²) in [4.78, 5) is 26.4. The highest BCUT2D eigenvalue weighted by atomic mass is 16.2. The van der Waals surface area contributed by atoms with Crippen LogP contribution in [0.25, 0.3) is 0 Å². The lowest BCUT2D eigenvalue weighted by molar-refractivity contribution is -0.144. The first-order valence-corrected chi connectivity index (χ1v) is 6.47. The molecule has 96 valence electrons. The summed E-state index contributed by atoms with van der Waals surface area (Å²) in [6, 6.07) is 0. The highest BCUT2D eigenvalue weighted by Crippen LogP contribution is 2.48. The van der Waals surface area contributed by atoms with Crippen LogP contribution in [0.2, 0.25) is 0 Å². The molecule has 4 heteroatoms. The van der Waals surface area contributed by atoms with Gasteiger partial charge in [0.25, 0.3) is 0 Å². The summed E-state index contributed by atoms with van der Waals surface area (Å²) >= 11 is 0. The minimum Gasteiger partial charge on any atom is -0.351 e. The molecular weight excluding hydrogens is 216 g/mol. The fourth-order valence-electron chi connectivity index (χ4n) is 2.35. The van der Waals surface area contributed by atoms with E-state index in [1.165, 1.54) is 0 Å². The molecule has 2 fully saturated rings. The lowest BCUT2D eigenvalue weighted by atomic mass is 10.0. The summed E-state index contributed by atoms with van der Waals surface area (Å²) < 4.78 is 0. The predicted molar refractivity (Wildman–Crippen MR) is 65.4 cm³/mol. The molecule has 0 aromatic rings. The molecule has 1 saturated carbocycles. The van der Waals surface area contributed by atoms with Crippen LogP contribution in [0.3, 0.4) is 0 Å². The van der Waals surface area contributed by atoms with Crippen LogP contribution in [-0.4, -0.2) is 35.3 Å². The number of nitrogens with one attached hydrogen (secondary N) is 1. The number of nitrogens with zero attached hydrogens (tertiary/aromatic N) is 1. The van der Waals surface area contributed by atoms with Gasteiger partial charge in [0, 0.05) is 18.6 Å². The van der Waals surface area contributed by atoms with Crippen LogP contribution in [0.1, 0.15) is 46.5 Å². The summed E-state index contributed by atoms with van der Waals surface area (Å²) in [6.45, 7) is 7.48. The fourth-order valence-corrected chi connectivity index (χ4v) is 2.35. The molecule has 1 N–H and O–H groups in total. The normalized spacial score (nSPS) is 22.4. The van der Waals surface area contributed by atoms with E-state index in [1.807, 2.05) is 25.7 Å². The molecular formula is C13H22N2O2. The number of amides is 2. The van der Waals surface area contributed by atoms with E-state index in [4.69, 9.17) is 0 Å². The van der Waals surface area contributed by atoms with E-state index in [2.05, 4.69) is 5.32 Å². The Morgan fingerprint density at radius 1 is 1.12 bits per heavy atom. The van der Waals surface area contributed by atoms with E-state index in [1.54, 1.807) is 0 Å². The Labute approximate surface area is 103 Å². The van der Waals surface area contributed by atoms with Crippen molar-refractivity contribution in [3.05, 3.63) is 0 Å². The zero-order chi connectivity index (χ0) is 12.7. The maximum Gasteiger partial charge on any atom is 0.238 e. The lowest BCUT2D eigenvalue weighted by Gasteiger charge is -2.27. The molecule has 1 aliphatic carbocycles. The van der Waals surface area contributed by atoms with Crippen LogP contribution in [0.5, 0.6) is 0 Å². The third-order valence-corrected chi connectivity index (χ3v) is 3.48. The van der Waals surface area contributed by atoms with E-state index in [9.17, 15) is 9.59 Å². The third-order valence-electron chi connectivity index (χ3n) is 3.48. The minimum absolute atomic E-state index is 0.0525. The summed E-state index contributed by atoms with van der Waals surface area (Å²) in [5, 5.41) is 2.94. The zero-order valence-electron chi connectivity index (χ0n) is 11.0. The lowest BCUT2D eigenvalue weighted by Crippen LogP contribution is -2.50. The van der Waals surface area contributed by atoms with E-state index in [-0.39, 0.29) is 17.4 Å². The van der Waals surface area contributed by atoms with Crippen LogP contribution in [0.4, 0.5) is 0 Å². The first kappa shape index (κ1) is 12.4. The molecule has 2 amide bonds. The van der Waals surface area contributed by atoms with Gasteiger partial charge in [-0.15, -0.1) is 0 Å². The average molecular weight is 238 g/mol. The van der Waals surface area contributed by atoms with Gasteiger partial charge in [-0.2, -0.15) is 0 Å². The molecule has 1 saturated heterocycles.